The molecule has 0 unspecified atom stereocenters. The molecule has 2 aliphatic rings. The number of nitrogens with one attached hydrogen (secondary N) is 1. The average molecular weight is 280 g/mol. The second-order valence-corrected chi connectivity index (χ2v) is 6.13. The minimum atomic E-state index is -0.0221. The summed E-state index contributed by atoms with van der Waals surface area (Å²) < 4.78 is 5.29. The van der Waals surface area contributed by atoms with Crippen LogP contribution in [-0.4, -0.2) is 48.7 Å². The molecular weight excluding hydrogens is 252 g/mol. The van der Waals surface area contributed by atoms with E-state index in [2.05, 4.69) is 30.1 Å². The number of hydrogen-bond donors (Lipinski definition) is 1. The van der Waals surface area contributed by atoms with E-state index in [9.17, 15) is 4.79 Å². The van der Waals surface area contributed by atoms with Crippen molar-refractivity contribution < 1.29 is 9.53 Å². The Morgan fingerprint density at radius 3 is 2.75 bits per heavy atom. The Morgan fingerprint density at radius 2 is 2.15 bits per heavy atom. The summed E-state index contributed by atoms with van der Waals surface area (Å²) in [6, 6.07) is 1.01. The van der Waals surface area contributed by atoms with Crippen molar-refractivity contribution in [1.29, 1.82) is 0 Å². The Labute approximate surface area is 122 Å². The lowest BCUT2D eigenvalue weighted by Crippen LogP contribution is -2.49. The molecule has 0 aromatic carbocycles. The van der Waals surface area contributed by atoms with Gasteiger partial charge in [-0.2, -0.15) is 0 Å². The third-order valence-corrected chi connectivity index (χ3v) is 4.65. The number of hydrogen-bond acceptors (Lipinski definition) is 3. The van der Waals surface area contributed by atoms with Gasteiger partial charge in [-0.05, 0) is 46.5 Å². The zero-order valence-electron chi connectivity index (χ0n) is 13.0. The third kappa shape index (κ3) is 3.83. The summed E-state index contributed by atoms with van der Waals surface area (Å²) in [5.41, 5.74) is 1.41. The van der Waals surface area contributed by atoms with Crippen LogP contribution in [0.25, 0.3) is 0 Å². The molecule has 0 radical (unpaired) electrons. The molecule has 3 atom stereocenters. The lowest BCUT2D eigenvalue weighted by atomic mass is 10.1. The van der Waals surface area contributed by atoms with Crippen LogP contribution in [0.4, 0.5) is 0 Å². The van der Waals surface area contributed by atoms with Gasteiger partial charge in [-0.15, -0.1) is 0 Å². The Morgan fingerprint density at radius 1 is 1.45 bits per heavy atom. The fourth-order valence-corrected chi connectivity index (χ4v) is 3.40. The van der Waals surface area contributed by atoms with E-state index < -0.39 is 0 Å². The van der Waals surface area contributed by atoms with Gasteiger partial charge in [-0.3, -0.25) is 9.69 Å². The summed E-state index contributed by atoms with van der Waals surface area (Å²) in [5, 5.41) is 3.09. The number of likely N-dealkylation sites (tertiary alicyclic amines) is 1. The van der Waals surface area contributed by atoms with E-state index in [0.29, 0.717) is 12.1 Å². The van der Waals surface area contributed by atoms with Crippen LogP contribution in [0.15, 0.2) is 11.6 Å². The predicted molar refractivity (Wildman–Crippen MR) is 80.6 cm³/mol. The van der Waals surface area contributed by atoms with Crippen molar-refractivity contribution >= 4 is 5.91 Å². The van der Waals surface area contributed by atoms with E-state index in [-0.39, 0.29) is 11.9 Å². The van der Waals surface area contributed by atoms with Crippen molar-refractivity contribution in [3.8, 4) is 0 Å². The number of nitrogens with zero attached hydrogens (tertiary/aromatic N) is 1. The first-order valence-corrected chi connectivity index (χ1v) is 7.90. The molecule has 1 fully saturated rings. The first kappa shape index (κ1) is 15.5. The summed E-state index contributed by atoms with van der Waals surface area (Å²) in [6.07, 6.45) is 6.50. The van der Waals surface area contributed by atoms with Crippen molar-refractivity contribution in [3.63, 3.8) is 0 Å². The van der Waals surface area contributed by atoms with Crippen molar-refractivity contribution in [2.75, 3.05) is 19.8 Å². The molecule has 2 heterocycles. The smallest absolute Gasteiger partial charge is 0.237 e. The molecular formula is C16H28N2O2. The van der Waals surface area contributed by atoms with Crippen molar-refractivity contribution in [1.82, 2.24) is 10.2 Å². The molecule has 4 nitrogen and oxygen atoms in total. The Kier molecular flexibility index (Phi) is 5.61. The van der Waals surface area contributed by atoms with Crippen LogP contribution < -0.4 is 5.32 Å². The molecule has 0 spiro atoms. The monoisotopic (exact) mass is 280 g/mol. The zero-order valence-corrected chi connectivity index (χ0v) is 13.0. The highest BCUT2D eigenvalue weighted by Gasteiger charge is 2.34. The van der Waals surface area contributed by atoms with Gasteiger partial charge in [0, 0.05) is 18.6 Å². The SMILES string of the molecule is C[C@@H]1CC[C@H](C)N1[C@H](C)C(=O)NCCC1=CCOCC1. The number of rotatable bonds is 5. The molecule has 2 rings (SSSR count). The van der Waals surface area contributed by atoms with Gasteiger partial charge in [0.2, 0.25) is 5.91 Å². The first-order valence-electron chi connectivity index (χ1n) is 7.90. The van der Waals surface area contributed by atoms with Crippen LogP contribution in [0.1, 0.15) is 46.5 Å². The van der Waals surface area contributed by atoms with E-state index in [0.717, 1.165) is 32.6 Å². The van der Waals surface area contributed by atoms with Crippen LogP contribution in [0.2, 0.25) is 0 Å². The number of ether oxygens (including phenoxy) is 1. The van der Waals surface area contributed by atoms with E-state index in [1.54, 1.807) is 0 Å². The Balaban J connectivity index is 1.75. The molecule has 4 heteroatoms. The molecule has 0 saturated carbocycles. The lowest BCUT2D eigenvalue weighted by Gasteiger charge is -2.31. The van der Waals surface area contributed by atoms with Crippen LogP contribution in [-0.2, 0) is 9.53 Å². The predicted octanol–water partition coefficient (Wildman–Crippen LogP) is 2.10. The van der Waals surface area contributed by atoms with Crippen LogP contribution in [0, 0.1) is 0 Å². The van der Waals surface area contributed by atoms with Crippen molar-refractivity contribution in [2.45, 2.75) is 64.6 Å². The van der Waals surface area contributed by atoms with Crippen LogP contribution in [0.5, 0.6) is 0 Å². The minimum Gasteiger partial charge on any atom is -0.377 e. The molecule has 1 amide bonds. The quantitative estimate of drug-likeness (QED) is 0.784. The standard InChI is InChI=1S/C16H28N2O2/c1-12-4-5-13(2)18(12)14(3)16(19)17-9-6-15-7-10-20-11-8-15/h7,12-14H,4-6,8-11H2,1-3H3,(H,17,19)/t12-,13+,14-/m1/s1. The van der Waals surface area contributed by atoms with Gasteiger partial charge in [0.15, 0.2) is 0 Å². The van der Waals surface area contributed by atoms with E-state index in [4.69, 9.17) is 4.74 Å². The summed E-state index contributed by atoms with van der Waals surface area (Å²) >= 11 is 0. The number of amides is 1. The van der Waals surface area contributed by atoms with Crippen LogP contribution >= 0.6 is 0 Å². The van der Waals surface area contributed by atoms with Gasteiger partial charge in [-0.1, -0.05) is 11.6 Å². The second kappa shape index (κ2) is 7.23. The number of carbonyl (C=O) groups excluding carboxylic acids is 1. The molecule has 0 aliphatic carbocycles. The Bertz CT molecular complexity index is 357. The fourth-order valence-electron chi connectivity index (χ4n) is 3.40. The average Bonchev–Trinajstić information content (AvgIpc) is 2.78. The highest BCUT2D eigenvalue weighted by molar-refractivity contribution is 5.81. The molecule has 1 N–H and O–H groups in total. The van der Waals surface area contributed by atoms with Gasteiger partial charge in [-0.25, -0.2) is 0 Å². The molecule has 0 bridgehead atoms. The van der Waals surface area contributed by atoms with E-state index in [1.807, 2.05) is 6.92 Å². The molecule has 114 valence electrons. The largest absolute Gasteiger partial charge is 0.377 e. The van der Waals surface area contributed by atoms with Crippen LogP contribution in [0.3, 0.4) is 0 Å². The zero-order chi connectivity index (χ0) is 14.5. The summed E-state index contributed by atoms with van der Waals surface area (Å²) in [6.45, 7) is 8.76. The van der Waals surface area contributed by atoms with Gasteiger partial charge in [0.05, 0.1) is 19.3 Å². The number of carbonyl (C=O) groups is 1. The maximum absolute atomic E-state index is 12.3. The molecule has 0 aromatic heterocycles. The first-order chi connectivity index (χ1) is 9.59. The van der Waals surface area contributed by atoms with Gasteiger partial charge in [0.1, 0.15) is 0 Å². The van der Waals surface area contributed by atoms with E-state index >= 15 is 0 Å². The molecule has 2 aliphatic heterocycles. The normalized spacial score (nSPS) is 29.1. The topological polar surface area (TPSA) is 41.6 Å². The molecule has 0 aromatic rings. The Hall–Kier alpha value is -0.870. The summed E-state index contributed by atoms with van der Waals surface area (Å²) in [4.78, 5) is 14.6. The molecule has 20 heavy (non-hydrogen) atoms. The van der Waals surface area contributed by atoms with Crippen molar-refractivity contribution in [2.24, 2.45) is 0 Å². The molecule has 1 saturated heterocycles. The lowest BCUT2D eigenvalue weighted by molar-refractivity contribution is -0.126. The highest BCUT2D eigenvalue weighted by Crippen LogP contribution is 2.25. The fraction of sp³-hybridized carbons (Fsp3) is 0.812. The van der Waals surface area contributed by atoms with Gasteiger partial charge < -0.3 is 10.1 Å². The van der Waals surface area contributed by atoms with E-state index in [1.165, 1.54) is 18.4 Å². The van der Waals surface area contributed by atoms with Crippen molar-refractivity contribution in [3.05, 3.63) is 11.6 Å². The minimum absolute atomic E-state index is 0.0221. The second-order valence-electron chi connectivity index (χ2n) is 6.13. The highest BCUT2D eigenvalue weighted by atomic mass is 16.5. The summed E-state index contributed by atoms with van der Waals surface area (Å²) in [5.74, 6) is 0.165. The van der Waals surface area contributed by atoms with Gasteiger partial charge >= 0.3 is 0 Å². The third-order valence-electron chi connectivity index (χ3n) is 4.65. The maximum atomic E-state index is 12.3. The van der Waals surface area contributed by atoms with Gasteiger partial charge in [0.25, 0.3) is 0 Å². The summed E-state index contributed by atoms with van der Waals surface area (Å²) in [7, 11) is 0. The maximum Gasteiger partial charge on any atom is 0.237 e.